The Morgan fingerprint density at radius 2 is 1.95 bits per heavy atom. The molecule has 3 heteroatoms. The summed E-state index contributed by atoms with van der Waals surface area (Å²) in [6.07, 6.45) is 8.25. The van der Waals surface area contributed by atoms with Crippen LogP contribution in [0.25, 0.3) is 0 Å². The van der Waals surface area contributed by atoms with Gasteiger partial charge in [-0.15, -0.1) is 0 Å². The summed E-state index contributed by atoms with van der Waals surface area (Å²) in [5.74, 6) is 3.31. The zero-order chi connectivity index (χ0) is 14.9. The van der Waals surface area contributed by atoms with E-state index < -0.39 is 0 Å². The molecule has 0 heterocycles. The van der Waals surface area contributed by atoms with Gasteiger partial charge in [0.15, 0.2) is 0 Å². The van der Waals surface area contributed by atoms with E-state index in [0.29, 0.717) is 11.0 Å². The Hall–Kier alpha value is -0.830. The summed E-state index contributed by atoms with van der Waals surface area (Å²) in [4.78, 5) is 12.5. The zero-order valence-corrected chi connectivity index (χ0v) is 14.2. The van der Waals surface area contributed by atoms with Crippen LogP contribution in [0.2, 0.25) is 0 Å². The second-order valence-corrected chi connectivity index (χ2v) is 8.85. The number of fused-ring (bicyclic) bond motifs is 4. The van der Waals surface area contributed by atoms with Gasteiger partial charge in [-0.3, -0.25) is 0 Å². The average Bonchev–Trinajstić information content (AvgIpc) is 3.24. The van der Waals surface area contributed by atoms with Crippen molar-refractivity contribution in [2.75, 3.05) is 0 Å². The molecule has 22 heavy (non-hydrogen) atoms. The largest absolute Gasteiger partial charge is 0.458 e. The monoisotopic (exact) mass is 360 g/mol. The first-order chi connectivity index (χ1) is 10.7. The minimum Gasteiger partial charge on any atom is -0.458 e. The van der Waals surface area contributed by atoms with E-state index in [1.54, 1.807) is 0 Å². The number of carbonyl (C=O) groups is 1. The van der Waals surface area contributed by atoms with Crippen LogP contribution in [-0.4, -0.2) is 12.1 Å². The van der Waals surface area contributed by atoms with E-state index in [1.807, 2.05) is 24.3 Å². The standard InChI is InChI=1S/C19H21BrO2/c20-15-5-2-12(3-6-15)18(21)22-17-8-11-7-16-13-1-4-14(9-13)19(16,17)10-11/h2-3,5-6,11,13-14,16-17H,1,4,7-10H2/t11?,13?,14?,16?,17-,19?/m1/s1. The maximum absolute atomic E-state index is 12.5. The molecule has 1 aromatic carbocycles. The van der Waals surface area contributed by atoms with Gasteiger partial charge in [-0.1, -0.05) is 15.9 Å². The molecule has 4 fully saturated rings. The van der Waals surface area contributed by atoms with Crippen LogP contribution in [0.4, 0.5) is 0 Å². The van der Waals surface area contributed by atoms with Crippen molar-refractivity contribution < 1.29 is 9.53 Å². The van der Waals surface area contributed by atoms with Crippen LogP contribution in [0.1, 0.15) is 48.9 Å². The maximum Gasteiger partial charge on any atom is 0.338 e. The molecule has 116 valence electrons. The van der Waals surface area contributed by atoms with Crippen molar-refractivity contribution in [3.63, 3.8) is 0 Å². The molecule has 5 rings (SSSR count). The lowest BCUT2D eigenvalue weighted by Gasteiger charge is -2.44. The summed E-state index contributed by atoms with van der Waals surface area (Å²) >= 11 is 3.42. The predicted molar refractivity (Wildman–Crippen MR) is 87.4 cm³/mol. The fourth-order valence-corrected chi connectivity index (χ4v) is 6.82. The normalized spacial score (nSPS) is 44.3. The number of esters is 1. The fraction of sp³-hybridized carbons (Fsp3) is 0.632. The molecule has 4 aliphatic carbocycles. The third-order valence-electron chi connectivity index (χ3n) is 7.20. The van der Waals surface area contributed by atoms with Crippen LogP contribution in [0.5, 0.6) is 0 Å². The Balaban J connectivity index is 1.40. The predicted octanol–water partition coefficient (Wildman–Crippen LogP) is 4.82. The van der Waals surface area contributed by atoms with E-state index in [4.69, 9.17) is 4.74 Å². The Morgan fingerprint density at radius 3 is 2.77 bits per heavy atom. The van der Waals surface area contributed by atoms with Crippen molar-refractivity contribution in [1.82, 2.24) is 0 Å². The van der Waals surface area contributed by atoms with Crippen molar-refractivity contribution >= 4 is 21.9 Å². The van der Waals surface area contributed by atoms with Crippen LogP contribution in [0, 0.1) is 29.1 Å². The molecule has 0 N–H and O–H groups in total. The number of halogens is 1. The highest BCUT2D eigenvalue weighted by Crippen LogP contribution is 2.73. The third-order valence-corrected chi connectivity index (χ3v) is 7.73. The fourth-order valence-electron chi connectivity index (χ4n) is 6.56. The van der Waals surface area contributed by atoms with Gasteiger partial charge in [-0.2, -0.15) is 0 Å². The van der Waals surface area contributed by atoms with Crippen molar-refractivity contribution in [2.24, 2.45) is 29.1 Å². The van der Waals surface area contributed by atoms with Crippen molar-refractivity contribution in [3.8, 4) is 0 Å². The van der Waals surface area contributed by atoms with Gasteiger partial charge in [0.05, 0.1) is 5.56 Å². The Bertz CT molecular complexity index is 625. The second-order valence-electron chi connectivity index (χ2n) is 7.93. The molecule has 0 aromatic heterocycles. The molecule has 5 unspecified atom stereocenters. The smallest absolute Gasteiger partial charge is 0.338 e. The van der Waals surface area contributed by atoms with Gasteiger partial charge in [0.2, 0.25) is 0 Å². The van der Waals surface area contributed by atoms with Gasteiger partial charge in [0, 0.05) is 9.89 Å². The van der Waals surface area contributed by atoms with Gasteiger partial charge < -0.3 is 4.74 Å². The van der Waals surface area contributed by atoms with E-state index in [9.17, 15) is 4.79 Å². The lowest BCUT2D eigenvalue weighted by Crippen LogP contribution is -2.44. The van der Waals surface area contributed by atoms with E-state index in [-0.39, 0.29) is 12.1 Å². The third kappa shape index (κ3) is 1.69. The highest BCUT2D eigenvalue weighted by Gasteiger charge is 2.69. The van der Waals surface area contributed by atoms with Gasteiger partial charge in [0.25, 0.3) is 0 Å². The Kier molecular flexibility index (Phi) is 2.84. The number of ether oxygens (including phenoxy) is 1. The van der Waals surface area contributed by atoms with Gasteiger partial charge >= 0.3 is 5.97 Å². The SMILES string of the molecule is O=C(O[C@@H]1CC2CC3C4CCC(C4)C31C2)c1ccc(Br)cc1. The molecule has 0 aliphatic heterocycles. The van der Waals surface area contributed by atoms with Crippen molar-refractivity contribution in [3.05, 3.63) is 34.3 Å². The highest BCUT2D eigenvalue weighted by molar-refractivity contribution is 9.10. The summed E-state index contributed by atoms with van der Waals surface area (Å²) in [5.41, 5.74) is 1.04. The Morgan fingerprint density at radius 1 is 1.14 bits per heavy atom. The topological polar surface area (TPSA) is 26.3 Å². The molecule has 1 aromatic rings. The summed E-state index contributed by atoms with van der Waals surface area (Å²) in [7, 11) is 0. The molecular weight excluding hydrogens is 340 g/mol. The zero-order valence-electron chi connectivity index (χ0n) is 12.6. The molecule has 4 aliphatic rings. The Labute approximate surface area is 139 Å². The minimum atomic E-state index is -0.124. The first-order valence-corrected chi connectivity index (χ1v) is 9.42. The van der Waals surface area contributed by atoms with Gasteiger partial charge in [-0.25, -0.2) is 4.79 Å². The second kappa shape index (κ2) is 4.59. The van der Waals surface area contributed by atoms with Crippen LogP contribution in [0.3, 0.4) is 0 Å². The molecule has 1 spiro atoms. The van der Waals surface area contributed by atoms with E-state index in [2.05, 4.69) is 15.9 Å². The summed E-state index contributed by atoms with van der Waals surface area (Å²) < 4.78 is 7.07. The quantitative estimate of drug-likeness (QED) is 0.706. The first kappa shape index (κ1) is 13.6. The minimum absolute atomic E-state index is 0.124. The molecule has 6 atom stereocenters. The first-order valence-electron chi connectivity index (χ1n) is 8.63. The molecule has 0 saturated heterocycles. The van der Waals surface area contributed by atoms with Crippen LogP contribution in [-0.2, 0) is 4.74 Å². The number of benzene rings is 1. The summed E-state index contributed by atoms with van der Waals surface area (Å²) in [5, 5.41) is 0. The maximum atomic E-state index is 12.5. The highest BCUT2D eigenvalue weighted by atomic mass is 79.9. The molecule has 2 nitrogen and oxygen atoms in total. The van der Waals surface area contributed by atoms with Gasteiger partial charge in [0.1, 0.15) is 6.10 Å². The molecule has 0 radical (unpaired) electrons. The average molecular weight is 361 g/mol. The van der Waals surface area contributed by atoms with Crippen LogP contribution in [0.15, 0.2) is 28.7 Å². The lowest BCUT2D eigenvalue weighted by atomic mass is 9.64. The lowest BCUT2D eigenvalue weighted by molar-refractivity contribution is -0.0549. The molecule has 0 amide bonds. The van der Waals surface area contributed by atoms with Crippen molar-refractivity contribution in [1.29, 1.82) is 0 Å². The number of rotatable bonds is 2. The summed E-state index contributed by atoms with van der Waals surface area (Å²) in [6.45, 7) is 0. The molecular formula is C19H21BrO2. The van der Waals surface area contributed by atoms with E-state index in [0.717, 1.165) is 34.6 Å². The van der Waals surface area contributed by atoms with E-state index in [1.165, 1.54) is 32.1 Å². The van der Waals surface area contributed by atoms with E-state index >= 15 is 0 Å². The number of hydrogen-bond donors (Lipinski definition) is 0. The van der Waals surface area contributed by atoms with Crippen LogP contribution >= 0.6 is 15.9 Å². The number of carbonyl (C=O) groups excluding carboxylic acids is 1. The molecule has 4 saturated carbocycles. The summed E-state index contributed by atoms with van der Waals surface area (Å²) in [6, 6.07) is 7.54. The van der Waals surface area contributed by atoms with Crippen molar-refractivity contribution in [2.45, 2.75) is 44.6 Å². The molecule has 4 bridgehead atoms. The number of hydrogen-bond acceptors (Lipinski definition) is 2. The van der Waals surface area contributed by atoms with Crippen LogP contribution < -0.4 is 0 Å². The van der Waals surface area contributed by atoms with Gasteiger partial charge in [-0.05, 0) is 86.5 Å².